The average Bonchev–Trinajstić information content (AvgIpc) is 2.38. The van der Waals surface area contributed by atoms with Gasteiger partial charge in [0.05, 0.1) is 23.2 Å². The number of methoxy groups -OCH3 is 1. The monoisotopic (exact) mass is 324 g/mol. The number of ether oxygens (including phenoxy) is 1. The molecule has 2 aromatic rings. The normalized spacial score (nSPS) is 12.2. The third-order valence-corrected chi connectivity index (χ3v) is 3.72. The van der Waals surface area contributed by atoms with Crippen molar-refractivity contribution in [3.8, 4) is 5.75 Å². The van der Waals surface area contributed by atoms with Gasteiger partial charge < -0.3 is 9.72 Å². The number of nitrogens with one attached hydrogen (secondary N) is 1. The highest BCUT2D eigenvalue weighted by atomic mass is 35.5. The fraction of sp³-hybridized carbons (Fsp3) is 0.333. The maximum atomic E-state index is 12.0. The van der Waals surface area contributed by atoms with Crippen LogP contribution in [0.1, 0.15) is 26.3 Å². The molecule has 0 aliphatic heterocycles. The Hall–Kier alpha value is -1.46. The number of hydrogen-bond donors (Lipinski definition) is 1. The number of hydrogen-bond acceptors (Lipinski definition) is 4. The molecule has 0 amide bonds. The molecule has 0 radical (unpaired) electrons. The van der Waals surface area contributed by atoms with Gasteiger partial charge in [0.1, 0.15) is 5.75 Å². The number of H-pyrrole nitrogens is 1. The van der Waals surface area contributed by atoms with Crippen LogP contribution in [0.4, 0.5) is 0 Å². The molecule has 1 aromatic carbocycles. The second-order valence-electron chi connectivity index (χ2n) is 5.57. The van der Waals surface area contributed by atoms with Crippen LogP contribution in [0.5, 0.6) is 5.75 Å². The summed E-state index contributed by atoms with van der Waals surface area (Å²) in [6.45, 7) is 6.18. The first-order valence-electron chi connectivity index (χ1n) is 6.42. The van der Waals surface area contributed by atoms with Gasteiger partial charge >= 0.3 is 0 Å². The molecular formula is C15H17ClN2O2S. The molecule has 0 bridgehead atoms. The number of halogens is 1. The van der Waals surface area contributed by atoms with Gasteiger partial charge in [0.15, 0.2) is 0 Å². The van der Waals surface area contributed by atoms with Gasteiger partial charge in [0.2, 0.25) is 0 Å². The molecule has 6 heteroatoms. The summed E-state index contributed by atoms with van der Waals surface area (Å²) in [6, 6.07) is 5.25. The summed E-state index contributed by atoms with van der Waals surface area (Å²) in [4.78, 5) is 14.9. The third-order valence-electron chi connectivity index (χ3n) is 2.66. The Labute approximate surface area is 132 Å². The molecule has 0 unspecified atom stereocenters. The van der Waals surface area contributed by atoms with Gasteiger partial charge in [-0.1, -0.05) is 11.6 Å². The first-order valence-corrected chi connectivity index (χ1v) is 7.57. The van der Waals surface area contributed by atoms with Gasteiger partial charge in [-0.3, -0.25) is 4.79 Å². The lowest BCUT2D eigenvalue weighted by molar-refractivity contribution is 0.415. The molecular weight excluding hydrogens is 308 g/mol. The van der Waals surface area contributed by atoms with E-state index in [4.69, 9.17) is 16.3 Å². The van der Waals surface area contributed by atoms with Crippen molar-refractivity contribution in [2.75, 3.05) is 7.11 Å². The molecule has 0 aliphatic rings. The Kier molecular flexibility index (Phi) is 4.64. The quantitative estimate of drug-likeness (QED) is 0.684. The number of aromatic amines is 1. The number of nitrogens with zero attached hydrogens (tertiary/aromatic N) is 1. The van der Waals surface area contributed by atoms with Crippen molar-refractivity contribution >= 4 is 40.7 Å². The van der Waals surface area contributed by atoms with Crippen molar-refractivity contribution in [1.82, 2.24) is 4.98 Å². The van der Waals surface area contributed by atoms with Gasteiger partial charge in [-0.05, 0) is 44.9 Å². The van der Waals surface area contributed by atoms with Crippen LogP contribution in [-0.4, -0.2) is 23.1 Å². The van der Waals surface area contributed by atoms with Crippen molar-refractivity contribution in [3.05, 3.63) is 39.1 Å². The van der Waals surface area contributed by atoms with Crippen LogP contribution in [0.2, 0.25) is 5.02 Å². The van der Waals surface area contributed by atoms with E-state index in [9.17, 15) is 4.79 Å². The number of benzene rings is 1. The molecule has 0 aliphatic carbocycles. The van der Waals surface area contributed by atoms with E-state index < -0.39 is 0 Å². The molecule has 1 aromatic heterocycles. The van der Waals surface area contributed by atoms with Crippen LogP contribution in [0.15, 0.2) is 27.4 Å². The van der Waals surface area contributed by atoms with E-state index in [2.05, 4.69) is 30.2 Å². The van der Waals surface area contributed by atoms with Crippen LogP contribution in [0, 0.1) is 0 Å². The highest BCUT2D eigenvalue weighted by Gasteiger charge is 2.10. The van der Waals surface area contributed by atoms with Crippen LogP contribution in [0.25, 0.3) is 10.9 Å². The van der Waals surface area contributed by atoms with Crippen LogP contribution in [-0.2, 0) is 0 Å². The minimum atomic E-state index is -0.190. The smallest absolute Gasteiger partial charge is 0.257 e. The Morgan fingerprint density at radius 3 is 2.67 bits per heavy atom. The predicted molar refractivity (Wildman–Crippen MR) is 91.1 cm³/mol. The van der Waals surface area contributed by atoms with Crippen molar-refractivity contribution < 1.29 is 4.74 Å². The topological polar surface area (TPSA) is 54.5 Å². The van der Waals surface area contributed by atoms with E-state index in [0.29, 0.717) is 21.9 Å². The van der Waals surface area contributed by atoms with Gasteiger partial charge in [-0.25, -0.2) is 4.40 Å². The minimum absolute atomic E-state index is 0.0107. The van der Waals surface area contributed by atoms with Crippen LogP contribution in [0.3, 0.4) is 0 Å². The first-order chi connectivity index (χ1) is 9.80. The van der Waals surface area contributed by atoms with E-state index >= 15 is 0 Å². The fourth-order valence-electron chi connectivity index (χ4n) is 1.72. The largest absolute Gasteiger partial charge is 0.495 e. The second-order valence-corrected chi connectivity index (χ2v) is 7.59. The fourth-order valence-corrected chi connectivity index (χ4v) is 2.45. The maximum Gasteiger partial charge on any atom is 0.257 e. The van der Waals surface area contributed by atoms with E-state index in [1.54, 1.807) is 24.4 Å². The van der Waals surface area contributed by atoms with Crippen molar-refractivity contribution in [1.29, 1.82) is 0 Å². The summed E-state index contributed by atoms with van der Waals surface area (Å²) in [5.74, 6) is 0.532. The predicted octanol–water partition coefficient (Wildman–Crippen LogP) is 4.06. The van der Waals surface area contributed by atoms with Crippen molar-refractivity contribution in [3.63, 3.8) is 0 Å². The molecule has 2 rings (SSSR count). The highest BCUT2D eigenvalue weighted by molar-refractivity contribution is 7.99. The second kappa shape index (κ2) is 6.12. The number of rotatable bonds is 3. The van der Waals surface area contributed by atoms with Gasteiger partial charge in [0, 0.05) is 22.4 Å². The minimum Gasteiger partial charge on any atom is -0.495 e. The lowest BCUT2D eigenvalue weighted by Gasteiger charge is -2.12. The van der Waals surface area contributed by atoms with Crippen LogP contribution < -0.4 is 10.3 Å². The maximum absolute atomic E-state index is 12.0. The Morgan fingerprint density at radius 1 is 1.33 bits per heavy atom. The number of pyridine rings is 1. The van der Waals surface area contributed by atoms with E-state index in [0.717, 1.165) is 5.39 Å². The molecule has 0 atom stereocenters. The molecule has 0 fully saturated rings. The molecule has 21 heavy (non-hydrogen) atoms. The summed E-state index contributed by atoms with van der Waals surface area (Å²) in [5, 5.41) is 1.34. The van der Waals surface area contributed by atoms with E-state index in [1.165, 1.54) is 19.1 Å². The van der Waals surface area contributed by atoms with Crippen molar-refractivity contribution in [2.45, 2.75) is 25.5 Å². The summed E-state index contributed by atoms with van der Waals surface area (Å²) in [7, 11) is 1.54. The molecule has 4 nitrogen and oxygen atoms in total. The van der Waals surface area contributed by atoms with Gasteiger partial charge in [0.25, 0.3) is 5.56 Å². The zero-order valence-corrected chi connectivity index (χ0v) is 13.9. The zero-order chi connectivity index (χ0) is 15.6. The highest BCUT2D eigenvalue weighted by Crippen LogP contribution is 2.28. The zero-order valence-electron chi connectivity index (χ0n) is 12.4. The standard InChI is InChI=1S/C15H17ClN2O2S/c1-15(2,3)21-17-8-10-5-9-6-11(16)13(20-4)7-12(9)18-14(10)19/h5-8H,1-4H3,(H,18,19)/b17-8+. The molecule has 0 saturated carbocycles. The number of aromatic nitrogens is 1. The summed E-state index contributed by atoms with van der Waals surface area (Å²) >= 11 is 7.53. The van der Waals surface area contributed by atoms with E-state index in [-0.39, 0.29) is 10.3 Å². The van der Waals surface area contributed by atoms with E-state index in [1.807, 2.05) is 0 Å². The summed E-state index contributed by atoms with van der Waals surface area (Å²) in [5.41, 5.74) is 0.993. The van der Waals surface area contributed by atoms with Crippen LogP contribution >= 0.6 is 23.5 Å². The Bertz CT molecular complexity index is 748. The molecule has 0 spiro atoms. The Balaban J connectivity index is 2.43. The van der Waals surface area contributed by atoms with Gasteiger partial charge in [-0.2, -0.15) is 0 Å². The lowest BCUT2D eigenvalue weighted by atomic mass is 10.1. The SMILES string of the molecule is COc1cc2[nH]c(=O)c(/C=N/SC(C)(C)C)cc2cc1Cl. The lowest BCUT2D eigenvalue weighted by Crippen LogP contribution is -2.12. The summed E-state index contributed by atoms with van der Waals surface area (Å²) in [6.07, 6.45) is 1.58. The Morgan fingerprint density at radius 2 is 2.05 bits per heavy atom. The molecule has 1 N–H and O–H groups in total. The number of fused-ring (bicyclic) bond motifs is 1. The first kappa shape index (κ1) is 15.9. The molecule has 0 saturated heterocycles. The summed E-state index contributed by atoms with van der Waals surface area (Å²) < 4.78 is 9.40. The van der Waals surface area contributed by atoms with Crippen molar-refractivity contribution in [2.24, 2.45) is 4.40 Å². The van der Waals surface area contributed by atoms with Gasteiger partial charge in [-0.15, -0.1) is 0 Å². The molecule has 1 heterocycles. The molecule has 112 valence electrons. The average molecular weight is 325 g/mol. The third kappa shape index (κ3) is 4.02.